The van der Waals surface area contributed by atoms with E-state index in [-0.39, 0.29) is 6.42 Å². The van der Waals surface area contributed by atoms with Crippen molar-refractivity contribution in [3.8, 4) is 0 Å². The van der Waals surface area contributed by atoms with Crippen LogP contribution in [0.5, 0.6) is 0 Å². The number of hydrogen-bond donors (Lipinski definition) is 1. The molecular formula is C21H32O2. The Labute approximate surface area is 140 Å². The van der Waals surface area contributed by atoms with E-state index in [0.717, 1.165) is 36.5 Å². The third-order valence-corrected chi connectivity index (χ3v) is 8.56. The third kappa shape index (κ3) is 2.39. The summed E-state index contributed by atoms with van der Waals surface area (Å²) in [6, 6.07) is 0. The summed E-state index contributed by atoms with van der Waals surface area (Å²) in [6.07, 6.45) is 14.7. The van der Waals surface area contributed by atoms with Crippen LogP contribution in [0.25, 0.3) is 0 Å². The summed E-state index contributed by atoms with van der Waals surface area (Å²) in [5.74, 6) is 2.89. The number of carbonyl (C=O) groups is 1. The van der Waals surface area contributed by atoms with E-state index in [0.29, 0.717) is 10.8 Å². The average Bonchev–Trinajstić information content (AvgIpc) is 2.89. The quantitative estimate of drug-likeness (QED) is 0.690. The normalized spacial score (nSPS) is 48.9. The lowest BCUT2D eigenvalue weighted by Crippen LogP contribution is -2.51. The molecule has 4 aliphatic carbocycles. The van der Waals surface area contributed by atoms with Gasteiger partial charge < -0.3 is 5.11 Å². The van der Waals surface area contributed by atoms with Crippen LogP contribution >= 0.6 is 0 Å². The highest BCUT2D eigenvalue weighted by Gasteiger charge is 2.57. The van der Waals surface area contributed by atoms with Gasteiger partial charge in [0.25, 0.3) is 0 Å². The maximum absolute atomic E-state index is 11.1. The lowest BCUT2D eigenvalue weighted by atomic mass is 9.45. The van der Waals surface area contributed by atoms with Gasteiger partial charge in [0, 0.05) is 0 Å². The number of allylic oxidation sites excluding steroid dienone is 1. The molecular weight excluding hydrogens is 284 g/mol. The van der Waals surface area contributed by atoms with Crippen LogP contribution in [0.3, 0.4) is 0 Å². The van der Waals surface area contributed by atoms with Gasteiger partial charge >= 0.3 is 5.97 Å². The fourth-order valence-corrected chi connectivity index (χ4v) is 7.28. The van der Waals surface area contributed by atoms with Crippen molar-refractivity contribution in [1.82, 2.24) is 0 Å². The van der Waals surface area contributed by atoms with Gasteiger partial charge in [0.05, 0.1) is 6.42 Å². The number of carboxylic acid groups (broad SMARTS) is 1. The lowest BCUT2D eigenvalue weighted by Gasteiger charge is -2.59. The van der Waals surface area contributed by atoms with Crippen molar-refractivity contribution in [2.75, 3.05) is 0 Å². The van der Waals surface area contributed by atoms with Gasteiger partial charge in [-0.3, -0.25) is 4.79 Å². The predicted octanol–water partition coefficient (Wildman–Crippen LogP) is 5.43. The molecule has 3 saturated carbocycles. The molecule has 0 heterocycles. The molecule has 4 rings (SSSR count). The molecule has 128 valence electrons. The Balaban J connectivity index is 1.58. The molecule has 0 aliphatic heterocycles. The van der Waals surface area contributed by atoms with Crippen molar-refractivity contribution >= 4 is 5.97 Å². The first kappa shape index (κ1) is 15.7. The van der Waals surface area contributed by atoms with Crippen LogP contribution in [-0.4, -0.2) is 11.1 Å². The molecule has 0 radical (unpaired) electrons. The topological polar surface area (TPSA) is 37.3 Å². The van der Waals surface area contributed by atoms with Gasteiger partial charge in [0.1, 0.15) is 0 Å². The molecule has 0 saturated heterocycles. The van der Waals surface area contributed by atoms with E-state index < -0.39 is 5.97 Å². The monoisotopic (exact) mass is 316 g/mol. The van der Waals surface area contributed by atoms with Crippen molar-refractivity contribution in [3.05, 3.63) is 11.6 Å². The minimum Gasteiger partial charge on any atom is -0.481 e. The van der Waals surface area contributed by atoms with E-state index in [1.807, 2.05) is 0 Å². The fraction of sp³-hybridized carbons (Fsp3) is 0.857. The number of rotatable bonds is 2. The van der Waals surface area contributed by atoms with E-state index in [1.54, 1.807) is 0 Å². The second-order valence-corrected chi connectivity index (χ2v) is 9.58. The van der Waals surface area contributed by atoms with Gasteiger partial charge in [-0.2, -0.15) is 0 Å². The Bertz CT molecular complexity index is 536. The van der Waals surface area contributed by atoms with Gasteiger partial charge in [0.15, 0.2) is 0 Å². The molecule has 3 fully saturated rings. The van der Waals surface area contributed by atoms with Crippen LogP contribution in [0.4, 0.5) is 0 Å². The minimum absolute atomic E-state index is 0.265. The van der Waals surface area contributed by atoms with Crippen molar-refractivity contribution in [1.29, 1.82) is 0 Å². The van der Waals surface area contributed by atoms with Crippen molar-refractivity contribution in [2.24, 2.45) is 34.5 Å². The molecule has 2 nitrogen and oxygen atoms in total. The molecule has 0 aromatic rings. The van der Waals surface area contributed by atoms with Gasteiger partial charge in [-0.05, 0) is 85.9 Å². The SMILES string of the molecule is C[C@@]12CCC[C@H]1[C@@H]1CC[C@H]3CC(CC(=O)O)=CC[C@]3(C)[C@H]1CC2. The molecule has 0 bridgehead atoms. The summed E-state index contributed by atoms with van der Waals surface area (Å²) >= 11 is 0. The smallest absolute Gasteiger partial charge is 0.307 e. The predicted molar refractivity (Wildman–Crippen MR) is 92.1 cm³/mol. The second kappa shape index (κ2) is 5.36. The highest BCUT2D eigenvalue weighted by Crippen LogP contribution is 2.66. The first-order chi connectivity index (χ1) is 10.9. The molecule has 0 amide bonds. The minimum atomic E-state index is -0.659. The van der Waals surface area contributed by atoms with Crippen LogP contribution in [-0.2, 0) is 4.79 Å². The second-order valence-electron chi connectivity index (χ2n) is 9.58. The largest absolute Gasteiger partial charge is 0.481 e. The van der Waals surface area contributed by atoms with Crippen LogP contribution < -0.4 is 0 Å². The molecule has 6 atom stereocenters. The van der Waals surface area contributed by atoms with Crippen molar-refractivity contribution < 1.29 is 9.90 Å². The maximum Gasteiger partial charge on any atom is 0.307 e. The van der Waals surface area contributed by atoms with E-state index >= 15 is 0 Å². The summed E-state index contributed by atoms with van der Waals surface area (Å²) in [4.78, 5) is 11.1. The Morgan fingerprint density at radius 1 is 1.17 bits per heavy atom. The van der Waals surface area contributed by atoms with Gasteiger partial charge in [-0.25, -0.2) is 0 Å². The summed E-state index contributed by atoms with van der Waals surface area (Å²) in [7, 11) is 0. The Morgan fingerprint density at radius 3 is 2.78 bits per heavy atom. The fourth-order valence-electron chi connectivity index (χ4n) is 7.28. The van der Waals surface area contributed by atoms with Crippen molar-refractivity contribution in [2.45, 2.75) is 78.1 Å². The highest BCUT2D eigenvalue weighted by atomic mass is 16.4. The molecule has 23 heavy (non-hydrogen) atoms. The standard InChI is InChI=1S/C21H32O2/c1-20-9-3-4-17(20)16-6-5-15-12-14(13-19(22)23)7-11-21(15,2)18(16)8-10-20/h7,15-18H,3-6,8-13H2,1-2H3,(H,22,23)/t15-,16-,17-,18-,20-,21-/m0/s1. The molecule has 1 N–H and O–H groups in total. The lowest BCUT2D eigenvalue weighted by molar-refractivity contribution is -0.136. The summed E-state index contributed by atoms with van der Waals surface area (Å²) in [5, 5.41) is 9.10. The molecule has 0 aromatic heterocycles. The van der Waals surface area contributed by atoms with Crippen LogP contribution in [0.15, 0.2) is 11.6 Å². The summed E-state index contributed by atoms with van der Waals surface area (Å²) in [5.41, 5.74) is 2.28. The zero-order valence-corrected chi connectivity index (χ0v) is 14.8. The van der Waals surface area contributed by atoms with Gasteiger partial charge in [-0.1, -0.05) is 31.9 Å². The molecule has 0 spiro atoms. The molecule has 4 aliphatic rings. The zero-order chi connectivity index (χ0) is 16.2. The zero-order valence-electron chi connectivity index (χ0n) is 14.8. The Hall–Kier alpha value is -0.790. The van der Waals surface area contributed by atoms with E-state index in [4.69, 9.17) is 5.11 Å². The number of fused-ring (bicyclic) bond motifs is 5. The van der Waals surface area contributed by atoms with E-state index in [9.17, 15) is 4.79 Å². The first-order valence-electron chi connectivity index (χ1n) is 9.82. The summed E-state index contributed by atoms with van der Waals surface area (Å²) < 4.78 is 0. The highest BCUT2D eigenvalue weighted by molar-refractivity contribution is 5.70. The van der Waals surface area contributed by atoms with Gasteiger partial charge in [-0.15, -0.1) is 0 Å². The summed E-state index contributed by atoms with van der Waals surface area (Å²) in [6.45, 7) is 5.11. The number of aliphatic carboxylic acids is 1. The van der Waals surface area contributed by atoms with Crippen LogP contribution in [0.2, 0.25) is 0 Å². The molecule has 0 aromatic carbocycles. The molecule has 0 unspecified atom stereocenters. The maximum atomic E-state index is 11.1. The Kier molecular flexibility index (Phi) is 3.66. The average molecular weight is 316 g/mol. The first-order valence-corrected chi connectivity index (χ1v) is 9.82. The van der Waals surface area contributed by atoms with E-state index in [1.165, 1.54) is 50.5 Å². The van der Waals surface area contributed by atoms with Crippen LogP contribution in [0.1, 0.15) is 78.1 Å². The van der Waals surface area contributed by atoms with E-state index in [2.05, 4.69) is 19.9 Å². The Morgan fingerprint density at radius 2 is 2.00 bits per heavy atom. The number of carboxylic acids is 1. The third-order valence-electron chi connectivity index (χ3n) is 8.56. The van der Waals surface area contributed by atoms with Crippen LogP contribution in [0, 0.1) is 34.5 Å². The molecule has 2 heteroatoms. The van der Waals surface area contributed by atoms with Gasteiger partial charge in [0.2, 0.25) is 0 Å². The van der Waals surface area contributed by atoms with Crippen molar-refractivity contribution in [3.63, 3.8) is 0 Å². The number of hydrogen-bond acceptors (Lipinski definition) is 1.